The molecule has 41 heavy (non-hydrogen) atoms. The van der Waals surface area contributed by atoms with Crippen LogP contribution in [0.1, 0.15) is 38.5 Å². The third-order valence-corrected chi connectivity index (χ3v) is 6.51. The number of carbonyl (C=O) groups is 7. The topological polar surface area (TPSA) is 177 Å². The summed E-state index contributed by atoms with van der Waals surface area (Å²) in [6, 6.07) is 0. The number of carbonyl (C=O) groups excluding carboxylic acids is 7. The Hall–Kier alpha value is -3.62. The molecule has 0 spiro atoms. The Kier molecular flexibility index (Phi) is 20.2. The predicted octanol–water partition coefficient (Wildman–Crippen LogP) is -1.33. The van der Waals surface area contributed by atoms with E-state index < -0.39 is 0 Å². The second-order valence-corrected chi connectivity index (χ2v) is 9.56. The van der Waals surface area contributed by atoms with E-state index in [0.29, 0.717) is 0 Å². The highest BCUT2D eigenvalue weighted by Crippen LogP contribution is 2.07. The molecular weight excluding hydrogens is 554 g/mol. The molecule has 0 atom stereocenters. The quantitative estimate of drug-likeness (QED) is 0.124. The maximum Gasteiger partial charge on any atom is 0.247 e. The van der Waals surface area contributed by atoms with Crippen molar-refractivity contribution in [1.29, 1.82) is 0 Å². The Bertz CT molecular complexity index is 830. The van der Waals surface area contributed by atoms with E-state index in [2.05, 4.69) is 21.3 Å². The first-order valence-electron chi connectivity index (χ1n) is 13.4. The third-order valence-electron chi connectivity index (χ3n) is 6.11. The largest absolute Gasteiger partial charge is 0.359 e. The van der Waals surface area contributed by atoms with Crippen LogP contribution in [0.15, 0.2) is 11.5 Å². The molecule has 0 aliphatic carbocycles. The lowest BCUT2D eigenvalue weighted by atomic mass is 10.2. The average Bonchev–Trinajstić information content (AvgIpc) is 2.98. The van der Waals surface area contributed by atoms with Gasteiger partial charge in [0.1, 0.15) is 0 Å². The fourth-order valence-corrected chi connectivity index (χ4v) is 3.76. The lowest BCUT2D eigenvalue weighted by Gasteiger charge is -2.27. The molecular formula is C26H45N7O7S. The molecule has 14 nitrogen and oxygen atoms in total. The standard InChI is InChI=1S/C26H45N7O7S/c1-27-20(34)6-13-31(14-7-21(35)28-2)24(38)10-17-33(26(40)12-19-41-5)18-11-25(39)32(15-8-22(36)29-3)16-9-23(37)30-4/h12,19H,6-11,13-18H2,1-5H3,(H,27,34)(H,28,35)(H,29,36)(H,30,37). The molecule has 7 amide bonds. The van der Waals surface area contributed by atoms with Crippen LogP contribution in [0.2, 0.25) is 0 Å². The van der Waals surface area contributed by atoms with Crippen molar-refractivity contribution in [3.63, 3.8) is 0 Å². The first-order chi connectivity index (χ1) is 19.5. The van der Waals surface area contributed by atoms with Gasteiger partial charge in [0.15, 0.2) is 0 Å². The molecule has 0 aliphatic heterocycles. The molecule has 0 fully saturated rings. The number of nitrogens with zero attached hydrogens (tertiary/aromatic N) is 3. The zero-order valence-electron chi connectivity index (χ0n) is 24.7. The van der Waals surface area contributed by atoms with Gasteiger partial charge in [-0.25, -0.2) is 0 Å². The van der Waals surface area contributed by atoms with Crippen LogP contribution < -0.4 is 21.3 Å². The van der Waals surface area contributed by atoms with Gasteiger partial charge in [0, 0.05) is 112 Å². The predicted molar refractivity (Wildman–Crippen MR) is 156 cm³/mol. The summed E-state index contributed by atoms with van der Waals surface area (Å²) >= 11 is 1.32. The molecule has 0 aromatic carbocycles. The van der Waals surface area contributed by atoms with Gasteiger partial charge in [0.25, 0.3) is 0 Å². The maximum absolute atomic E-state index is 13.0. The third kappa shape index (κ3) is 16.9. The fourth-order valence-electron chi connectivity index (χ4n) is 3.51. The minimum Gasteiger partial charge on any atom is -0.359 e. The van der Waals surface area contributed by atoms with Crippen molar-refractivity contribution in [2.75, 3.05) is 73.7 Å². The van der Waals surface area contributed by atoms with Crippen molar-refractivity contribution < 1.29 is 33.6 Å². The fraction of sp³-hybridized carbons (Fsp3) is 0.654. The summed E-state index contributed by atoms with van der Waals surface area (Å²) in [7, 11) is 5.96. The Balaban J connectivity index is 5.50. The molecule has 0 aromatic rings. The van der Waals surface area contributed by atoms with Crippen LogP contribution in [-0.4, -0.2) is 130 Å². The average molecular weight is 600 g/mol. The first kappa shape index (κ1) is 37.4. The first-order valence-corrected chi connectivity index (χ1v) is 14.7. The second-order valence-electron chi connectivity index (χ2n) is 8.82. The Morgan fingerprint density at radius 3 is 1.07 bits per heavy atom. The van der Waals surface area contributed by atoms with Gasteiger partial charge < -0.3 is 36.0 Å². The van der Waals surface area contributed by atoms with Gasteiger partial charge in [-0.05, 0) is 11.7 Å². The summed E-state index contributed by atoms with van der Waals surface area (Å²) in [5, 5.41) is 11.6. The summed E-state index contributed by atoms with van der Waals surface area (Å²) in [6.07, 6.45) is 3.23. The molecule has 0 saturated carbocycles. The van der Waals surface area contributed by atoms with Crippen LogP contribution in [0.5, 0.6) is 0 Å². The van der Waals surface area contributed by atoms with E-state index >= 15 is 0 Å². The Labute approximate surface area is 246 Å². The van der Waals surface area contributed by atoms with Gasteiger partial charge in [-0.2, -0.15) is 0 Å². The highest BCUT2D eigenvalue weighted by Gasteiger charge is 2.21. The monoisotopic (exact) mass is 599 g/mol. The summed E-state index contributed by atoms with van der Waals surface area (Å²) in [5.41, 5.74) is 0. The number of hydrogen-bond donors (Lipinski definition) is 4. The smallest absolute Gasteiger partial charge is 0.247 e. The Morgan fingerprint density at radius 2 is 0.805 bits per heavy atom. The number of hydrogen-bond acceptors (Lipinski definition) is 8. The van der Waals surface area contributed by atoms with Crippen LogP contribution in [0.4, 0.5) is 0 Å². The van der Waals surface area contributed by atoms with E-state index in [9.17, 15) is 33.6 Å². The second kappa shape index (κ2) is 22.1. The van der Waals surface area contributed by atoms with Crippen molar-refractivity contribution in [2.45, 2.75) is 38.5 Å². The molecule has 15 heteroatoms. The lowest BCUT2D eigenvalue weighted by Crippen LogP contribution is -2.42. The van der Waals surface area contributed by atoms with Crippen LogP contribution in [0.25, 0.3) is 0 Å². The van der Waals surface area contributed by atoms with E-state index in [1.807, 2.05) is 0 Å². The van der Waals surface area contributed by atoms with Gasteiger partial charge in [0.05, 0.1) is 0 Å². The lowest BCUT2D eigenvalue weighted by molar-refractivity contribution is -0.133. The maximum atomic E-state index is 13.0. The minimum absolute atomic E-state index is 0.0105. The van der Waals surface area contributed by atoms with Gasteiger partial charge in [0.2, 0.25) is 41.4 Å². The molecule has 0 aliphatic rings. The molecule has 0 bridgehead atoms. The molecule has 4 N–H and O–H groups in total. The normalized spacial score (nSPS) is 10.5. The zero-order valence-corrected chi connectivity index (χ0v) is 25.6. The Morgan fingerprint density at radius 1 is 0.512 bits per heavy atom. The molecule has 0 aromatic heterocycles. The number of thioether (sulfide) groups is 1. The van der Waals surface area contributed by atoms with Crippen molar-refractivity contribution in [2.24, 2.45) is 0 Å². The zero-order chi connectivity index (χ0) is 31.2. The number of amides is 7. The van der Waals surface area contributed by atoms with Crippen molar-refractivity contribution in [3.05, 3.63) is 11.5 Å². The summed E-state index contributed by atoms with van der Waals surface area (Å²) in [4.78, 5) is 90.0. The summed E-state index contributed by atoms with van der Waals surface area (Å²) < 4.78 is 0. The van der Waals surface area contributed by atoms with E-state index in [-0.39, 0.29) is 119 Å². The van der Waals surface area contributed by atoms with E-state index in [4.69, 9.17) is 0 Å². The number of nitrogens with one attached hydrogen (secondary N) is 4. The highest BCUT2D eigenvalue weighted by molar-refractivity contribution is 8.01. The van der Waals surface area contributed by atoms with Crippen LogP contribution in [0.3, 0.4) is 0 Å². The van der Waals surface area contributed by atoms with Crippen LogP contribution in [0, 0.1) is 0 Å². The van der Waals surface area contributed by atoms with Gasteiger partial charge in [-0.3, -0.25) is 33.6 Å². The van der Waals surface area contributed by atoms with Crippen molar-refractivity contribution in [3.8, 4) is 0 Å². The van der Waals surface area contributed by atoms with Crippen molar-refractivity contribution in [1.82, 2.24) is 36.0 Å². The van der Waals surface area contributed by atoms with Crippen LogP contribution >= 0.6 is 11.8 Å². The molecule has 232 valence electrons. The van der Waals surface area contributed by atoms with Gasteiger partial charge in [-0.15, -0.1) is 11.8 Å². The van der Waals surface area contributed by atoms with E-state index in [0.717, 1.165) is 0 Å². The molecule has 0 heterocycles. The van der Waals surface area contributed by atoms with Crippen molar-refractivity contribution >= 4 is 53.1 Å². The summed E-state index contributed by atoms with van der Waals surface area (Å²) in [6.45, 7) is 0.465. The molecule has 0 unspecified atom stereocenters. The van der Waals surface area contributed by atoms with Gasteiger partial charge in [-0.1, -0.05) is 0 Å². The number of rotatable bonds is 20. The minimum atomic E-state index is -0.385. The summed E-state index contributed by atoms with van der Waals surface area (Å²) in [5.74, 6) is -2.07. The van der Waals surface area contributed by atoms with E-state index in [1.54, 1.807) is 11.7 Å². The molecule has 0 radical (unpaired) electrons. The molecule has 0 rings (SSSR count). The SMILES string of the molecule is CNC(=O)CCN(CCC(=O)NC)C(=O)CCN(CCC(=O)N(CCC(=O)NC)CCC(=O)NC)C(=O)C=CSC. The van der Waals surface area contributed by atoms with Gasteiger partial charge >= 0.3 is 0 Å². The molecule has 0 saturated heterocycles. The highest BCUT2D eigenvalue weighted by atomic mass is 32.2. The van der Waals surface area contributed by atoms with Crippen LogP contribution in [-0.2, 0) is 33.6 Å². The van der Waals surface area contributed by atoms with E-state index in [1.165, 1.54) is 60.7 Å².